The molecule has 1 aliphatic heterocycles. The highest BCUT2D eigenvalue weighted by molar-refractivity contribution is 5.78. The Balaban J connectivity index is 2.17. The molecule has 0 aromatic heterocycles. The fraction of sp³-hybridized carbons (Fsp3) is 0.556. The number of nitrogens with zero attached hydrogens (tertiary/aromatic N) is 1. The van der Waals surface area contributed by atoms with Gasteiger partial charge in [0.2, 0.25) is 0 Å². The number of aliphatic carboxylic acids is 1. The van der Waals surface area contributed by atoms with E-state index in [1.54, 1.807) is 0 Å². The quantitative estimate of drug-likeness (QED) is 0.887. The smallest absolute Gasteiger partial charge is 0.410 e. The molecule has 1 aliphatic rings. The Bertz CT molecular complexity index is 610. The zero-order valence-electron chi connectivity index (χ0n) is 14.5. The molecule has 3 atom stereocenters. The van der Waals surface area contributed by atoms with E-state index in [4.69, 9.17) is 4.74 Å². The number of β-amino-alcohol motifs (C(OH)–C–C–N with tert-alkyl or cyclic N) is 1. The second-order valence-electron chi connectivity index (χ2n) is 7.66. The normalized spacial score (nSPS) is 25.4. The molecule has 0 spiro atoms. The van der Waals surface area contributed by atoms with E-state index in [1.807, 2.05) is 51.1 Å². The number of carboxylic acid groups (broad SMARTS) is 1. The van der Waals surface area contributed by atoms with Crippen molar-refractivity contribution < 1.29 is 24.5 Å². The van der Waals surface area contributed by atoms with Crippen LogP contribution >= 0.6 is 0 Å². The summed E-state index contributed by atoms with van der Waals surface area (Å²) in [6.45, 7) is 7.22. The average molecular weight is 335 g/mol. The van der Waals surface area contributed by atoms with Crippen molar-refractivity contribution in [2.45, 2.75) is 39.9 Å². The molecule has 0 radical (unpaired) electrons. The van der Waals surface area contributed by atoms with Crippen molar-refractivity contribution in [2.75, 3.05) is 13.1 Å². The maximum atomic E-state index is 12.5. The summed E-state index contributed by atoms with van der Waals surface area (Å²) in [5.74, 6) is -1.12. The molecule has 6 nitrogen and oxygen atoms in total. The minimum atomic E-state index is -1.37. The molecule has 1 heterocycles. The predicted molar refractivity (Wildman–Crippen MR) is 88.4 cm³/mol. The van der Waals surface area contributed by atoms with E-state index in [-0.39, 0.29) is 18.5 Å². The van der Waals surface area contributed by atoms with Gasteiger partial charge in [-0.1, -0.05) is 51.1 Å². The summed E-state index contributed by atoms with van der Waals surface area (Å²) in [7, 11) is 0. The van der Waals surface area contributed by atoms with Crippen LogP contribution in [0.3, 0.4) is 0 Å². The lowest BCUT2D eigenvalue weighted by molar-refractivity contribution is -0.151. The van der Waals surface area contributed by atoms with Gasteiger partial charge in [-0.2, -0.15) is 0 Å². The maximum absolute atomic E-state index is 12.5. The third kappa shape index (κ3) is 3.53. The van der Waals surface area contributed by atoms with Gasteiger partial charge < -0.3 is 19.8 Å². The number of amides is 1. The predicted octanol–water partition coefficient (Wildman–Crippen LogP) is 2.68. The van der Waals surface area contributed by atoms with Crippen LogP contribution in [0.15, 0.2) is 30.3 Å². The number of benzene rings is 1. The number of carbonyl (C=O) groups is 2. The molecule has 0 saturated carbocycles. The molecule has 1 aromatic rings. The number of hydrogen-bond donors (Lipinski definition) is 2. The minimum absolute atomic E-state index is 0.0483. The highest BCUT2D eigenvalue weighted by Crippen LogP contribution is 2.38. The van der Waals surface area contributed by atoms with E-state index in [1.165, 1.54) is 11.8 Å². The van der Waals surface area contributed by atoms with Gasteiger partial charge in [-0.05, 0) is 12.5 Å². The first-order valence-corrected chi connectivity index (χ1v) is 7.97. The van der Waals surface area contributed by atoms with Crippen LogP contribution in [0.4, 0.5) is 4.79 Å². The van der Waals surface area contributed by atoms with Gasteiger partial charge in [0.25, 0.3) is 0 Å². The van der Waals surface area contributed by atoms with Gasteiger partial charge in [-0.3, -0.25) is 4.79 Å². The zero-order valence-corrected chi connectivity index (χ0v) is 14.5. The van der Waals surface area contributed by atoms with Crippen LogP contribution in [0, 0.1) is 10.8 Å². The van der Waals surface area contributed by atoms with Crippen LogP contribution in [0.5, 0.6) is 0 Å². The Morgan fingerprint density at radius 3 is 2.33 bits per heavy atom. The summed E-state index contributed by atoms with van der Waals surface area (Å²) in [6, 6.07) is 9.43. The molecular weight excluding hydrogens is 310 g/mol. The largest absolute Gasteiger partial charge is 0.481 e. The number of rotatable bonds is 3. The van der Waals surface area contributed by atoms with E-state index in [0.717, 1.165) is 5.56 Å². The Morgan fingerprint density at radius 1 is 1.29 bits per heavy atom. The molecule has 24 heavy (non-hydrogen) atoms. The number of carboxylic acids is 1. The average Bonchev–Trinajstić information content (AvgIpc) is 2.81. The highest BCUT2D eigenvalue weighted by Gasteiger charge is 2.50. The molecule has 0 aliphatic carbocycles. The maximum Gasteiger partial charge on any atom is 0.410 e. The SMILES string of the molecule is CC(C)(C)C(OC(=O)N1CC(O)[C@](C)(C(=O)O)C1)c1ccccc1. The second-order valence-corrected chi connectivity index (χ2v) is 7.66. The number of ether oxygens (including phenoxy) is 1. The fourth-order valence-corrected chi connectivity index (χ4v) is 2.87. The fourth-order valence-electron chi connectivity index (χ4n) is 2.87. The van der Waals surface area contributed by atoms with E-state index >= 15 is 0 Å². The molecule has 6 heteroatoms. The van der Waals surface area contributed by atoms with Crippen LogP contribution in [-0.2, 0) is 9.53 Å². The number of aliphatic hydroxyl groups excluding tert-OH is 1. The first-order chi connectivity index (χ1) is 11.1. The number of hydrogen-bond acceptors (Lipinski definition) is 4. The monoisotopic (exact) mass is 335 g/mol. The second kappa shape index (κ2) is 6.43. The molecule has 2 unspecified atom stereocenters. The number of carbonyl (C=O) groups excluding carboxylic acids is 1. The highest BCUT2D eigenvalue weighted by atomic mass is 16.6. The lowest BCUT2D eigenvalue weighted by Gasteiger charge is -2.32. The molecule has 2 N–H and O–H groups in total. The Kier molecular flexibility index (Phi) is 4.90. The van der Waals surface area contributed by atoms with Crippen molar-refractivity contribution in [3.63, 3.8) is 0 Å². The van der Waals surface area contributed by atoms with Crippen molar-refractivity contribution in [1.82, 2.24) is 4.90 Å². The number of aliphatic hydroxyl groups is 1. The summed E-state index contributed by atoms with van der Waals surface area (Å²) >= 11 is 0. The molecule has 1 saturated heterocycles. The van der Waals surface area contributed by atoms with Gasteiger partial charge in [-0.15, -0.1) is 0 Å². The van der Waals surface area contributed by atoms with Gasteiger partial charge in [0, 0.05) is 12.0 Å². The van der Waals surface area contributed by atoms with Crippen molar-refractivity contribution >= 4 is 12.1 Å². The molecule has 2 rings (SSSR count). The third-order valence-electron chi connectivity index (χ3n) is 4.50. The van der Waals surface area contributed by atoms with Crippen molar-refractivity contribution in [3.05, 3.63) is 35.9 Å². The van der Waals surface area contributed by atoms with Crippen LogP contribution < -0.4 is 0 Å². The molecule has 132 valence electrons. The van der Waals surface area contributed by atoms with Crippen molar-refractivity contribution in [3.8, 4) is 0 Å². The molecule has 1 amide bonds. The number of likely N-dealkylation sites (tertiary alicyclic amines) is 1. The Hall–Kier alpha value is -2.08. The zero-order chi connectivity index (χ0) is 18.1. The molecule has 1 fully saturated rings. The third-order valence-corrected chi connectivity index (χ3v) is 4.50. The van der Waals surface area contributed by atoms with Gasteiger partial charge >= 0.3 is 12.1 Å². The molecular formula is C18H25NO5. The van der Waals surface area contributed by atoms with Gasteiger partial charge in [0.1, 0.15) is 11.5 Å². The van der Waals surface area contributed by atoms with E-state index in [2.05, 4.69) is 0 Å². The van der Waals surface area contributed by atoms with E-state index in [9.17, 15) is 19.8 Å². The minimum Gasteiger partial charge on any atom is -0.481 e. The summed E-state index contributed by atoms with van der Waals surface area (Å²) in [5, 5.41) is 19.3. The first-order valence-electron chi connectivity index (χ1n) is 7.97. The van der Waals surface area contributed by atoms with Gasteiger partial charge in [-0.25, -0.2) is 4.79 Å². The van der Waals surface area contributed by atoms with Gasteiger partial charge in [0.05, 0.1) is 12.6 Å². The first kappa shape index (κ1) is 18.3. The van der Waals surface area contributed by atoms with Crippen molar-refractivity contribution in [1.29, 1.82) is 0 Å². The summed E-state index contributed by atoms with van der Waals surface area (Å²) in [5.41, 5.74) is -0.826. The van der Waals surface area contributed by atoms with Crippen LogP contribution in [0.25, 0.3) is 0 Å². The summed E-state index contributed by atoms with van der Waals surface area (Å²) in [4.78, 5) is 25.2. The lowest BCUT2D eigenvalue weighted by atomic mass is 9.84. The lowest BCUT2D eigenvalue weighted by Crippen LogP contribution is -2.39. The standard InChI is InChI=1S/C18H25NO5/c1-17(2,3)14(12-8-6-5-7-9-12)24-16(23)19-10-13(20)18(4,11-19)15(21)22/h5-9,13-14,20H,10-11H2,1-4H3,(H,21,22)/t13?,14?,18-/m1/s1. The van der Waals surface area contributed by atoms with Crippen molar-refractivity contribution in [2.24, 2.45) is 10.8 Å². The van der Waals surface area contributed by atoms with Gasteiger partial charge in [0.15, 0.2) is 0 Å². The summed E-state index contributed by atoms with van der Waals surface area (Å²) in [6.07, 6.45) is -2.20. The van der Waals surface area contributed by atoms with Crippen LogP contribution in [-0.4, -0.2) is 46.4 Å². The topological polar surface area (TPSA) is 87.1 Å². The van der Waals surface area contributed by atoms with E-state index < -0.39 is 29.7 Å². The van der Waals surface area contributed by atoms with Crippen LogP contribution in [0.1, 0.15) is 39.4 Å². The molecule has 1 aromatic carbocycles. The van der Waals surface area contributed by atoms with E-state index in [0.29, 0.717) is 0 Å². The molecule has 0 bridgehead atoms. The Morgan fingerprint density at radius 2 is 1.88 bits per heavy atom. The van der Waals surface area contributed by atoms with Crippen LogP contribution in [0.2, 0.25) is 0 Å². The Labute approximate surface area is 142 Å². The summed E-state index contributed by atoms with van der Waals surface area (Å²) < 4.78 is 5.69.